The van der Waals surface area contributed by atoms with Gasteiger partial charge in [-0.25, -0.2) is 0 Å². The Hall–Kier alpha value is -1.00. The van der Waals surface area contributed by atoms with E-state index in [-0.39, 0.29) is 12.5 Å². The molecule has 1 unspecified atom stereocenters. The van der Waals surface area contributed by atoms with Gasteiger partial charge in [-0.2, -0.15) is 0 Å². The van der Waals surface area contributed by atoms with E-state index >= 15 is 0 Å². The Balaban J connectivity index is 1.82. The van der Waals surface area contributed by atoms with Crippen LogP contribution in [0.2, 0.25) is 0 Å². The van der Waals surface area contributed by atoms with Gasteiger partial charge in [0.05, 0.1) is 5.75 Å². The van der Waals surface area contributed by atoms with E-state index in [0.29, 0.717) is 11.8 Å². The van der Waals surface area contributed by atoms with E-state index in [1.165, 1.54) is 0 Å². The molecule has 19 heavy (non-hydrogen) atoms. The minimum Gasteiger partial charge on any atom is -0.396 e. The van der Waals surface area contributed by atoms with Crippen molar-refractivity contribution in [3.05, 3.63) is 30.3 Å². The first-order valence-corrected chi connectivity index (χ1v) is 7.88. The fraction of sp³-hybridized carbons (Fsp3) is 0.533. The van der Waals surface area contributed by atoms with Crippen LogP contribution in [0.5, 0.6) is 0 Å². The topological polar surface area (TPSA) is 40.5 Å². The lowest BCUT2D eigenvalue weighted by Crippen LogP contribution is -2.36. The molecule has 1 fully saturated rings. The predicted molar refractivity (Wildman–Crippen MR) is 78.2 cm³/mol. The molecule has 1 aliphatic rings. The van der Waals surface area contributed by atoms with Crippen LogP contribution < -0.4 is 0 Å². The van der Waals surface area contributed by atoms with Gasteiger partial charge >= 0.3 is 0 Å². The van der Waals surface area contributed by atoms with Crippen LogP contribution in [0.25, 0.3) is 0 Å². The molecule has 1 N–H and O–H groups in total. The molecule has 0 saturated carbocycles. The minimum atomic E-state index is 0.220. The third-order valence-corrected chi connectivity index (χ3v) is 4.50. The molecule has 2 rings (SSSR count). The second-order valence-corrected chi connectivity index (χ2v) is 5.90. The molecule has 0 radical (unpaired) electrons. The van der Waals surface area contributed by atoms with Gasteiger partial charge in [-0.3, -0.25) is 4.79 Å². The number of aliphatic hydroxyl groups excluding tert-OH is 1. The quantitative estimate of drug-likeness (QED) is 0.814. The molecule has 1 aromatic carbocycles. The number of carbonyl (C=O) groups is 1. The molecule has 1 amide bonds. The largest absolute Gasteiger partial charge is 0.396 e. The maximum Gasteiger partial charge on any atom is 0.233 e. The molecule has 0 spiro atoms. The van der Waals surface area contributed by atoms with Crippen molar-refractivity contribution < 1.29 is 9.90 Å². The number of aliphatic hydroxyl groups is 1. The maximum atomic E-state index is 12.2. The van der Waals surface area contributed by atoms with Gasteiger partial charge in [0, 0.05) is 24.1 Å². The van der Waals surface area contributed by atoms with Gasteiger partial charge in [0.25, 0.3) is 0 Å². The third kappa shape index (κ3) is 4.25. The SMILES string of the molecule is O=C(CSc1ccccc1)N1CCCC1CCCO. The highest BCUT2D eigenvalue weighted by atomic mass is 32.2. The average molecular weight is 279 g/mol. The van der Waals surface area contributed by atoms with E-state index in [0.717, 1.165) is 37.1 Å². The Morgan fingerprint density at radius 3 is 2.89 bits per heavy atom. The predicted octanol–water partition coefficient (Wildman–Crippen LogP) is 2.54. The van der Waals surface area contributed by atoms with Crippen molar-refractivity contribution in [2.45, 2.75) is 36.6 Å². The molecule has 0 aliphatic carbocycles. The molecule has 104 valence electrons. The monoisotopic (exact) mass is 279 g/mol. The van der Waals surface area contributed by atoms with Crippen molar-refractivity contribution >= 4 is 17.7 Å². The van der Waals surface area contributed by atoms with Crippen molar-refractivity contribution in [2.24, 2.45) is 0 Å². The highest BCUT2D eigenvalue weighted by Crippen LogP contribution is 2.24. The lowest BCUT2D eigenvalue weighted by atomic mass is 10.1. The Labute approximate surface area is 119 Å². The summed E-state index contributed by atoms with van der Waals surface area (Å²) in [6.07, 6.45) is 3.90. The van der Waals surface area contributed by atoms with Crippen LogP contribution in [0.15, 0.2) is 35.2 Å². The summed E-state index contributed by atoms with van der Waals surface area (Å²) in [6.45, 7) is 1.10. The van der Waals surface area contributed by atoms with Crippen LogP contribution in [-0.4, -0.2) is 40.9 Å². The number of nitrogens with zero attached hydrogens (tertiary/aromatic N) is 1. The van der Waals surface area contributed by atoms with Gasteiger partial charge in [-0.1, -0.05) is 18.2 Å². The summed E-state index contributed by atoms with van der Waals surface area (Å²) >= 11 is 1.60. The number of likely N-dealkylation sites (tertiary alicyclic amines) is 1. The van der Waals surface area contributed by atoms with Crippen LogP contribution in [-0.2, 0) is 4.79 Å². The van der Waals surface area contributed by atoms with Crippen LogP contribution >= 0.6 is 11.8 Å². The molecule has 1 atom stereocenters. The normalized spacial score (nSPS) is 18.8. The number of benzene rings is 1. The zero-order chi connectivity index (χ0) is 13.5. The average Bonchev–Trinajstić information content (AvgIpc) is 2.92. The first kappa shape index (κ1) is 14.4. The summed E-state index contributed by atoms with van der Waals surface area (Å²) in [5.41, 5.74) is 0. The molecule has 1 heterocycles. The van der Waals surface area contributed by atoms with Crippen molar-refractivity contribution in [3.8, 4) is 0 Å². The van der Waals surface area contributed by atoms with Gasteiger partial charge in [-0.15, -0.1) is 11.8 Å². The zero-order valence-electron chi connectivity index (χ0n) is 11.1. The van der Waals surface area contributed by atoms with Gasteiger partial charge in [0.2, 0.25) is 5.91 Å². The number of amides is 1. The maximum absolute atomic E-state index is 12.2. The molecule has 0 bridgehead atoms. The lowest BCUT2D eigenvalue weighted by molar-refractivity contribution is -0.129. The van der Waals surface area contributed by atoms with Gasteiger partial charge in [-0.05, 0) is 37.8 Å². The number of hydrogen-bond acceptors (Lipinski definition) is 3. The molecule has 3 nitrogen and oxygen atoms in total. The highest BCUT2D eigenvalue weighted by molar-refractivity contribution is 8.00. The summed E-state index contributed by atoms with van der Waals surface area (Å²) in [4.78, 5) is 15.4. The van der Waals surface area contributed by atoms with Crippen molar-refractivity contribution in [1.29, 1.82) is 0 Å². The third-order valence-electron chi connectivity index (χ3n) is 3.50. The summed E-state index contributed by atoms with van der Waals surface area (Å²) in [5, 5.41) is 8.90. The minimum absolute atomic E-state index is 0.220. The van der Waals surface area contributed by atoms with E-state index in [2.05, 4.69) is 0 Å². The summed E-state index contributed by atoms with van der Waals surface area (Å²) < 4.78 is 0. The Morgan fingerprint density at radius 2 is 2.16 bits per heavy atom. The van der Waals surface area contributed by atoms with E-state index in [9.17, 15) is 4.79 Å². The molecular formula is C15H21NO2S. The Kier molecular flexibility index (Phi) is 5.73. The fourth-order valence-electron chi connectivity index (χ4n) is 2.54. The number of rotatable bonds is 6. The second-order valence-electron chi connectivity index (χ2n) is 4.85. The first-order valence-electron chi connectivity index (χ1n) is 6.89. The van der Waals surface area contributed by atoms with E-state index in [4.69, 9.17) is 5.11 Å². The van der Waals surface area contributed by atoms with Crippen LogP contribution in [0.3, 0.4) is 0 Å². The van der Waals surface area contributed by atoms with E-state index in [1.54, 1.807) is 11.8 Å². The molecule has 0 aromatic heterocycles. The van der Waals surface area contributed by atoms with Gasteiger partial charge in [0.15, 0.2) is 0 Å². The van der Waals surface area contributed by atoms with E-state index in [1.807, 2.05) is 35.2 Å². The summed E-state index contributed by atoms with van der Waals surface area (Å²) in [5.74, 6) is 0.744. The smallest absolute Gasteiger partial charge is 0.233 e. The molecule has 1 aliphatic heterocycles. The van der Waals surface area contributed by atoms with Crippen molar-refractivity contribution in [3.63, 3.8) is 0 Å². The molecule has 4 heteroatoms. The molecular weight excluding hydrogens is 258 g/mol. The van der Waals surface area contributed by atoms with E-state index < -0.39 is 0 Å². The summed E-state index contributed by atoms with van der Waals surface area (Å²) in [6, 6.07) is 10.4. The molecule has 1 saturated heterocycles. The second kappa shape index (κ2) is 7.56. The van der Waals surface area contributed by atoms with Crippen molar-refractivity contribution in [2.75, 3.05) is 18.9 Å². The van der Waals surface area contributed by atoms with Gasteiger partial charge in [0.1, 0.15) is 0 Å². The Bertz CT molecular complexity index is 396. The molecule has 1 aromatic rings. The zero-order valence-corrected chi connectivity index (χ0v) is 11.9. The van der Waals surface area contributed by atoms with Crippen LogP contribution in [0, 0.1) is 0 Å². The fourth-order valence-corrected chi connectivity index (χ4v) is 3.34. The number of carbonyl (C=O) groups excluding carboxylic acids is 1. The van der Waals surface area contributed by atoms with Crippen LogP contribution in [0.1, 0.15) is 25.7 Å². The first-order chi connectivity index (χ1) is 9.31. The summed E-state index contributed by atoms with van der Waals surface area (Å²) in [7, 11) is 0. The standard InChI is InChI=1S/C15H21NO2S/c17-11-5-7-13-6-4-10-16(13)15(18)12-19-14-8-2-1-3-9-14/h1-3,8-9,13,17H,4-7,10-12H2. The Morgan fingerprint density at radius 1 is 1.37 bits per heavy atom. The van der Waals surface area contributed by atoms with Crippen LogP contribution in [0.4, 0.5) is 0 Å². The van der Waals surface area contributed by atoms with Gasteiger partial charge < -0.3 is 10.0 Å². The lowest BCUT2D eigenvalue weighted by Gasteiger charge is -2.24. The van der Waals surface area contributed by atoms with Crippen molar-refractivity contribution in [1.82, 2.24) is 4.90 Å². The number of hydrogen-bond donors (Lipinski definition) is 1. The highest BCUT2D eigenvalue weighted by Gasteiger charge is 2.27. The number of thioether (sulfide) groups is 1.